The van der Waals surface area contributed by atoms with Crippen molar-refractivity contribution < 1.29 is 9.90 Å². The molecule has 0 aliphatic carbocycles. The predicted molar refractivity (Wildman–Crippen MR) is 63.0 cm³/mol. The molecule has 0 saturated carbocycles. The normalized spacial score (nSPS) is 20.2. The molecule has 1 fully saturated rings. The van der Waals surface area contributed by atoms with Crippen molar-refractivity contribution in [2.45, 2.75) is 12.5 Å². The Hall–Kier alpha value is -0.770. The van der Waals surface area contributed by atoms with Gasteiger partial charge in [0.2, 0.25) is 0 Å². The van der Waals surface area contributed by atoms with E-state index in [1.165, 1.54) is 0 Å². The smallest absolute Gasteiger partial charge is 0.256 e. The Balaban J connectivity index is 2.27. The topological polar surface area (TPSA) is 40.5 Å². The summed E-state index contributed by atoms with van der Waals surface area (Å²) < 4.78 is 0. The molecule has 1 amide bonds. The zero-order chi connectivity index (χ0) is 11.7. The summed E-state index contributed by atoms with van der Waals surface area (Å²) in [6.45, 7) is 0.891. The standard InChI is InChI=1S/C11H11Cl2NO2/c12-8-2-1-3-9(13)10(8)11(16)14-5-4-7(15)6-14/h1-3,7,15H,4-6H2/t7-/m0/s1. The minimum atomic E-state index is -0.440. The molecule has 1 heterocycles. The molecule has 1 aliphatic rings. The van der Waals surface area contributed by atoms with Gasteiger partial charge in [0.05, 0.1) is 21.7 Å². The second-order valence-electron chi connectivity index (χ2n) is 3.79. The van der Waals surface area contributed by atoms with Crippen molar-refractivity contribution in [3.05, 3.63) is 33.8 Å². The summed E-state index contributed by atoms with van der Waals surface area (Å²) in [7, 11) is 0. The molecule has 0 radical (unpaired) electrons. The van der Waals surface area contributed by atoms with Gasteiger partial charge in [-0.3, -0.25) is 4.79 Å². The molecular formula is C11H11Cl2NO2. The third-order valence-corrected chi connectivity index (χ3v) is 3.26. The minimum Gasteiger partial charge on any atom is -0.391 e. The molecule has 1 aromatic rings. The maximum Gasteiger partial charge on any atom is 0.256 e. The molecule has 0 bridgehead atoms. The van der Waals surface area contributed by atoms with Crippen molar-refractivity contribution in [1.82, 2.24) is 4.90 Å². The van der Waals surface area contributed by atoms with E-state index in [1.807, 2.05) is 0 Å². The fourth-order valence-corrected chi connectivity index (χ4v) is 2.35. The van der Waals surface area contributed by atoms with E-state index in [0.29, 0.717) is 35.1 Å². The lowest BCUT2D eigenvalue weighted by atomic mass is 10.2. The van der Waals surface area contributed by atoms with Gasteiger partial charge < -0.3 is 10.0 Å². The monoisotopic (exact) mass is 259 g/mol. The second-order valence-corrected chi connectivity index (χ2v) is 4.60. The van der Waals surface area contributed by atoms with Crippen molar-refractivity contribution in [2.75, 3.05) is 13.1 Å². The van der Waals surface area contributed by atoms with Crippen molar-refractivity contribution in [3.8, 4) is 0 Å². The first-order valence-electron chi connectivity index (χ1n) is 5.01. The number of hydrogen-bond acceptors (Lipinski definition) is 2. The van der Waals surface area contributed by atoms with E-state index in [9.17, 15) is 9.90 Å². The van der Waals surface area contributed by atoms with Gasteiger partial charge in [0.15, 0.2) is 0 Å². The molecule has 1 aromatic carbocycles. The number of amides is 1. The third-order valence-electron chi connectivity index (χ3n) is 2.63. The fraction of sp³-hybridized carbons (Fsp3) is 0.364. The van der Waals surface area contributed by atoms with Crippen molar-refractivity contribution in [2.24, 2.45) is 0 Å². The average molecular weight is 260 g/mol. The lowest BCUT2D eigenvalue weighted by molar-refractivity contribution is 0.0765. The van der Waals surface area contributed by atoms with Gasteiger partial charge in [0.25, 0.3) is 5.91 Å². The number of likely N-dealkylation sites (tertiary alicyclic amines) is 1. The zero-order valence-corrected chi connectivity index (χ0v) is 10.0. The third kappa shape index (κ3) is 2.17. The van der Waals surface area contributed by atoms with Crippen LogP contribution < -0.4 is 0 Å². The Morgan fingerprint density at radius 1 is 1.38 bits per heavy atom. The number of carbonyl (C=O) groups excluding carboxylic acids is 1. The van der Waals surface area contributed by atoms with Gasteiger partial charge >= 0.3 is 0 Å². The van der Waals surface area contributed by atoms with Crippen LogP contribution in [0.5, 0.6) is 0 Å². The van der Waals surface area contributed by atoms with E-state index in [1.54, 1.807) is 23.1 Å². The van der Waals surface area contributed by atoms with Gasteiger partial charge in [-0.2, -0.15) is 0 Å². The van der Waals surface area contributed by atoms with Gasteiger partial charge in [0.1, 0.15) is 0 Å². The maximum atomic E-state index is 12.1. The largest absolute Gasteiger partial charge is 0.391 e. The molecule has 3 nitrogen and oxygen atoms in total. The van der Waals surface area contributed by atoms with E-state index < -0.39 is 6.10 Å². The van der Waals surface area contributed by atoms with Crippen LogP contribution in [0.2, 0.25) is 10.0 Å². The maximum absolute atomic E-state index is 12.1. The van der Waals surface area contributed by atoms with Gasteiger partial charge in [-0.15, -0.1) is 0 Å². The highest BCUT2D eigenvalue weighted by Gasteiger charge is 2.27. The molecule has 1 N–H and O–H groups in total. The highest BCUT2D eigenvalue weighted by molar-refractivity contribution is 6.39. The van der Waals surface area contributed by atoms with Crippen molar-refractivity contribution >= 4 is 29.1 Å². The highest BCUT2D eigenvalue weighted by atomic mass is 35.5. The van der Waals surface area contributed by atoms with Crippen LogP contribution in [0.3, 0.4) is 0 Å². The number of aliphatic hydroxyl groups excluding tert-OH is 1. The van der Waals surface area contributed by atoms with E-state index in [0.717, 1.165) is 0 Å². The fourth-order valence-electron chi connectivity index (χ4n) is 1.79. The first-order valence-corrected chi connectivity index (χ1v) is 5.76. The Bertz CT molecular complexity index is 402. The van der Waals surface area contributed by atoms with Gasteiger partial charge in [-0.05, 0) is 18.6 Å². The van der Waals surface area contributed by atoms with Gasteiger partial charge in [-0.25, -0.2) is 0 Å². The van der Waals surface area contributed by atoms with Crippen molar-refractivity contribution in [1.29, 1.82) is 0 Å². The summed E-state index contributed by atoms with van der Waals surface area (Å²) in [4.78, 5) is 13.6. The minimum absolute atomic E-state index is 0.216. The van der Waals surface area contributed by atoms with Crippen molar-refractivity contribution in [3.63, 3.8) is 0 Å². The van der Waals surface area contributed by atoms with Crippen LogP contribution in [0.25, 0.3) is 0 Å². The van der Waals surface area contributed by atoms with Crippen LogP contribution in [0.1, 0.15) is 16.8 Å². The molecule has 1 atom stereocenters. The number of benzene rings is 1. The average Bonchev–Trinajstić information content (AvgIpc) is 2.64. The van der Waals surface area contributed by atoms with Crippen LogP contribution in [0, 0.1) is 0 Å². The second kappa shape index (κ2) is 4.62. The van der Waals surface area contributed by atoms with Crippen LogP contribution in [-0.2, 0) is 0 Å². The van der Waals surface area contributed by atoms with Crippen LogP contribution >= 0.6 is 23.2 Å². The summed E-state index contributed by atoms with van der Waals surface area (Å²) in [6, 6.07) is 4.96. The molecule has 5 heteroatoms. The van der Waals surface area contributed by atoms with Crippen LogP contribution in [0.4, 0.5) is 0 Å². The van der Waals surface area contributed by atoms with E-state index in [4.69, 9.17) is 23.2 Å². The number of carbonyl (C=O) groups is 1. The summed E-state index contributed by atoms with van der Waals surface area (Å²) in [5.41, 5.74) is 0.319. The van der Waals surface area contributed by atoms with Gasteiger partial charge in [-0.1, -0.05) is 29.3 Å². The van der Waals surface area contributed by atoms with Crippen LogP contribution in [-0.4, -0.2) is 35.1 Å². The molecule has 2 rings (SSSR count). The number of hydrogen-bond donors (Lipinski definition) is 1. The first kappa shape index (κ1) is 11.7. The quantitative estimate of drug-likeness (QED) is 0.840. The SMILES string of the molecule is O=C(c1c(Cl)cccc1Cl)N1CC[C@H](O)C1. The van der Waals surface area contributed by atoms with E-state index in [2.05, 4.69) is 0 Å². The zero-order valence-electron chi connectivity index (χ0n) is 8.49. The number of rotatable bonds is 1. The molecule has 0 spiro atoms. The molecule has 0 aromatic heterocycles. The number of nitrogens with zero attached hydrogens (tertiary/aromatic N) is 1. The van der Waals surface area contributed by atoms with E-state index >= 15 is 0 Å². The molecule has 86 valence electrons. The predicted octanol–water partition coefficient (Wildman–Crippen LogP) is 2.20. The lowest BCUT2D eigenvalue weighted by Crippen LogP contribution is -2.30. The summed E-state index contributed by atoms with van der Waals surface area (Å²) in [5, 5.41) is 10.1. The number of aliphatic hydroxyl groups is 1. The van der Waals surface area contributed by atoms with Gasteiger partial charge in [0, 0.05) is 13.1 Å². The molecular weight excluding hydrogens is 249 g/mol. The molecule has 1 saturated heterocycles. The number of halogens is 2. The number of β-amino-alcohol motifs (C(OH)–C–C–N with tert-alkyl or cyclic N) is 1. The summed E-state index contributed by atoms with van der Waals surface area (Å²) >= 11 is 11.9. The first-order chi connectivity index (χ1) is 7.59. The van der Waals surface area contributed by atoms with E-state index in [-0.39, 0.29) is 5.91 Å². The summed E-state index contributed by atoms with van der Waals surface area (Å²) in [5.74, 6) is -0.216. The molecule has 16 heavy (non-hydrogen) atoms. The highest BCUT2D eigenvalue weighted by Crippen LogP contribution is 2.26. The van der Waals surface area contributed by atoms with Crippen LogP contribution in [0.15, 0.2) is 18.2 Å². The molecule has 0 unspecified atom stereocenters. The molecule has 1 aliphatic heterocycles. The Morgan fingerprint density at radius 2 is 2.00 bits per heavy atom. The Labute approximate surface area is 104 Å². The summed E-state index contributed by atoms with van der Waals surface area (Å²) in [6.07, 6.45) is 0.165. The Morgan fingerprint density at radius 3 is 2.50 bits per heavy atom. The lowest BCUT2D eigenvalue weighted by Gasteiger charge is -2.17. The Kier molecular flexibility index (Phi) is 3.38.